The lowest BCUT2D eigenvalue weighted by atomic mass is 10.0. The Kier molecular flexibility index (Phi) is 4.14. The zero-order chi connectivity index (χ0) is 10.6. The number of benzene rings is 1. The minimum absolute atomic E-state index is 0.242. The second-order valence-electron chi connectivity index (χ2n) is 3.27. The highest BCUT2D eigenvalue weighted by molar-refractivity contribution is 9.10. The third-order valence-corrected chi connectivity index (χ3v) is 3.08. The maximum atomic E-state index is 10.3. The molecule has 0 saturated carbocycles. The van der Waals surface area contributed by atoms with Crippen molar-refractivity contribution >= 4 is 21.9 Å². The third-order valence-electron chi connectivity index (χ3n) is 2.22. The van der Waals surface area contributed by atoms with E-state index < -0.39 is 5.97 Å². The van der Waals surface area contributed by atoms with E-state index in [0.29, 0.717) is 6.42 Å². The largest absolute Gasteiger partial charge is 0.481 e. The molecule has 0 aliphatic rings. The maximum Gasteiger partial charge on any atom is 0.303 e. The maximum absolute atomic E-state index is 10.3. The van der Waals surface area contributed by atoms with E-state index in [1.165, 1.54) is 11.1 Å². The summed E-state index contributed by atoms with van der Waals surface area (Å²) in [6.45, 7) is 2.04. The zero-order valence-corrected chi connectivity index (χ0v) is 9.67. The van der Waals surface area contributed by atoms with Crippen molar-refractivity contribution in [1.29, 1.82) is 0 Å². The molecule has 1 aromatic rings. The van der Waals surface area contributed by atoms with E-state index in [2.05, 4.69) is 15.9 Å². The van der Waals surface area contributed by atoms with Gasteiger partial charge in [0.15, 0.2) is 0 Å². The van der Waals surface area contributed by atoms with Crippen LogP contribution in [0.2, 0.25) is 0 Å². The molecule has 0 radical (unpaired) electrons. The number of hydrogen-bond donors (Lipinski definition) is 1. The number of rotatable bonds is 4. The molecule has 0 bridgehead atoms. The van der Waals surface area contributed by atoms with Crippen molar-refractivity contribution in [2.75, 3.05) is 0 Å². The third kappa shape index (κ3) is 3.14. The molecule has 0 amide bonds. The average molecular weight is 257 g/mol. The lowest BCUT2D eigenvalue weighted by Gasteiger charge is -2.06. The molecule has 1 aromatic carbocycles. The molecule has 0 aliphatic carbocycles. The van der Waals surface area contributed by atoms with Crippen LogP contribution in [0.25, 0.3) is 0 Å². The van der Waals surface area contributed by atoms with Crippen molar-refractivity contribution < 1.29 is 9.90 Å². The number of carbonyl (C=O) groups is 1. The number of carboxylic acid groups (broad SMARTS) is 1. The Morgan fingerprint density at radius 2 is 2.21 bits per heavy atom. The van der Waals surface area contributed by atoms with Crippen molar-refractivity contribution in [2.45, 2.75) is 26.2 Å². The molecule has 76 valence electrons. The van der Waals surface area contributed by atoms with Gasteiger partial charge in [0.25, 0.3) is 0 Å². The van der Waals surface area contributed by atoms with Gasteiger partial charge in [0, 0.05) is 10.9 Å². The van der Waals surface area contributed by atoms with Gasteiger partial charge in [-0.05, 0) is 37.0 Å². The molecule has 1 rings (SSSR count). The first-order valence-corrected chi connectivity index (χ1v) is 5.36. The fourth-order valence-corrected chi connectivity index (χ4v) is 1.76. The van der Waals surface area contributed by atoms with E-state index in [0.717, 1.165) is 10.9 Å². The average Bonchev–Trinajstić information content (AvgIpc) is 2.12. The predicted octanol–water partition coefficient (Wildman–Crippen LogP) is 3.16. The van der Waals surface area contributed by atoms with E-state index in [9.17, 15) is 4.79 Å². The van der Waals surface area contributed by atoms with E-state index >= 15 is 0 Å². The smallest absolute Gasteiger partial charge is 0.303 e. The van der Waals surface area contributed by atoms with E-state index in [4.69, 9.17) is 5.11 Å². The lowest BCUT2D eigenvalue weighted by Crippen LogP contribution is -1.97. The van der Waals surface area contributed by atoms with E-state index in [1.54, 1.807) is 0 Å². The molecule has 0 heterocycles. The number of aliphatic carboxylic acids is 1. The van der Waals surface area contributed by atoms with Crippen molar-refractivity contribution in [3.05, 3.63) is 33.8 Å². The summed E-state index contributed by atoms with van der Waals surface area (Å²) in [5, 5.41) is 8.51. The first-order valence-electron chi connectivity index (χ1n) is 4.57. The molecule has 0 unspecified atom stereocenters. The van der Waals surface area contributed by atoms with Crippen LogP contribution in [0.1, 0.15) is 24.0 Å². The Hall–Kier alpha value is -0.830. The van der Waals surface area contributed by atoms with Crippen molar-refractivity contribution in [3.8, 4) is 0 Å². The van der Waals surface area contributed by atoms with Crippen LogP contribution in [0, 0.1) is 6.92 Å². The molecule has 0 aromatic heterocycles. The SMILES string of the molecule is Cc1c(Br)cccc1CCCC(=O)O. The van der Waals surface area contributed by atoms with Gasteiger partial charge in [0.1, 0.15) is 0 Å². The van der Waals surface area contributed by atoms with Gasteiger partial charge in [0.05, 0.1) is 0 Å². The van der Waals surface area contributed by atoms with Gasteiger partial charge in [-0.1, -0.05) is 28.1 Å². The fraction of sp³-hybridized carbons (Fsp3) is 0.364. The second-order valence-corrected chi connectivity index (χ2v) is 4.13. The highest BCUT2D eigenvalue weighted by Crippen LogP contribution is 2.20. The number of hydrogen-bond acceptors (Lipinski definition) is 1. The summed E-state index contributed by atoms with van der Waals surface area (Å²) in [5.41, 5.74) is 2.43. The summed E-state index contributed by atoms with van der Waals surface area (Å²) in [7, 11) is 0. The summed E-state index contributed by atoms with van der Waals surface area (Å²) in [5.74, 6) is -0.724. The van der Waals surface area contributed by atoms with Gasteiger partial charge in [-0.15, -0.1) is 0 Å². The Bertz CT molecular complexity index is 334. The van der Waals surface area contributed by atoms with Crippen LogP contribution in [0.15, 0.2) is 22.7 Å². The Morgan fingerprint density at radius 1 is 1.50 bits per heavy atom. The summed E-state index contributed by atoms with van der Waals surface area (Å²) < 4.78 is 1.09. The molecule has 2 nitrogen and oxygen atoms in total. The predicted molar refractivity (Wildman–Crippen MR) is 59.5 cm³/mol. The molecule has 3 heteroatoms. The highest BCUT2D eigenvalue weighted by atomic mass is 79.9. The molecular weight excluding hydrogens is 244 g/mol. The van der Waals surface area contributed by atoms with Crippen molar-refractivity contribution in [2.24, 2.45) is 0 Å². The molecule has 0 fully saturated rings. The van der Waals surface area contributed by atoms with Gasteiger partial charge < -0.3 is 5.11 Å². The minimum Gasteiger partial charge on any atom is -0.481 e. The Balaban J connectivity index is 2.59. The molecule has 1 N–H and O–H groups in total. The van der Waals surface area contributed by atoms with Crippen LogP contribution in [0.5, 0.6) is 0 Å². The molecule has 0 aliphatic heterocycles. The quantitative estimate of drug-likeness (QED) is 0.899. The topological polar surface area (TPSA) is 37.3 Å². The van der Waals surface area contributed by atoms with E-state index in [-0.39, 0.29) is 6.42 Å². The Labute approximate surface area is 92.1 Å². The second kappa shape index (κ2) is 5.15. The van der Waals surface area contributed by atoms with Crippen molar-refractivity contribution in [3.63, 3.8) is 0 Å². The van der Waals surface area contributed by atoms with Gasteiger partial charge in [-0.2, -0.15) is 0 Å². The normalized spacial score (nSPS) is 10.1. The monoisotopic (exact) mass is 256 g/mol. The van der Waals surface area contributed by atoms with Gasteiger partial charge >= 0.3 is 5.97 Å². The van der Waals surface area contributed by atoms with Gasteiger partial charge in [-0.25, -0.2) is 0 Å². The molecule has 0 atom stereocenters. The lowest BCUT2D eigenvalue weighted by molar-refractivity contribution is -0.137. The number of aryl methyl sites for hydroxylation is 1. The summed E-state index contributed by atoms with van der Waals surface area (Å²) >= 11 is 3.45. The molecule has 14 heavy (non-hydrogen) atoms. The van der Waals surface area contributed by atoms with Crippen LogP contribution in [0.3, 0.4) is 0 Å². The summed E-state index contributed by atoms with van der Waals surface area (Å²) in [4.78, 5) is 10.3. The van der Waals surface area contributed by atoms with E-state index in [1.807, 2.05) is 25.1 Å². The fourth-order valence-electron chi connectivity index (χ4n) is 1.35. The van der Waals surface area contributed by atoms with Gasteiger partial charge in [-0.3, -0.25) is 4.79 Å². The van der Waals surface area contributed by atoms with Crippen LogP contribution in [0.4, 0.5) is 0 Å². The van der Waals surface area contributed by atoms with Crippen LogP contribution in [-0.2, 0) is 11.2 Å². The standard InChI is InChI=1S/C11H13BrO2/c1-8-9(4-2-6-10(8)12)5-3-7-11(13)14/h2,4,6H,3,5,7H2,1H3,(H,13,14). The van der Waals surface area contributed by atoms with Crippen molar-refractivity contribution in [1.82, 2.24) is 0 Å². The van der Waals surface area contributed by atoms with Crippen LogP contribution in [-0.4, -0.2) is 11.1 Å². The van der Waals surface area contributed by atoms with Crippen LogP contribution >= 0.6 is 15.9 Å². The summed E-state index contributed by atoms with van der Waals surface area (Å²) in [6.07, 6.45) is 1.77. The summed E-state index contributed by atoms with van der Waals surface area (Å²) in [6, 6.07) is 6.02. The first kappa shape index (κ1) is 11.2. The Morgan fingerprint density at radius 3 is 2.86 bits per heavy atom. The molecular formula is C11H13BrO2. The molecule has 0 saturated heterocycles. The van der Waals surface area contributed by atoms with Gasteiger partial charge in [0.2, 0.25) is 0 Å². The zero-order valence-electron chi connectivity index (χ0n) is 8.09. The van der Waals surface area contributed by atoms with Crippen LogP contribution < -0.4 is 0 Å². The number of halogens is 1. The number of carboxylic acids is 1. The minimum atomic E-state index is -0.724. The molecule has 0 spiro atoms. The first-order chi connectivity index (χ1) is 6.61. The highest BCUT2D eigenvalue weighted by Gasteiger charge is 2.02.